The number of carbonyl (C=O) groups is 1. The highest BCUT2D eigenvalue weighted by Crippen LogP contribution is 2.18. The molecule has 2 N–H and O–H groups in total. The molecule has 0 aliphatic heterocycles. The van der Waals surface area contributed by atoms with Crippen molar-refractivity contribution in [3.05, 3.63) is 45.7 Å². The lowest BCUT2D eigenvalue weighted by Gasteiger charge is -2.05. The van der Waals surface area contributed by atoms with Crippen LogP contribution in [-0.2, 0) is 6.54 Å². The van der Waals surface area contributed by atoms with E-state index in [1.165, 1.54) is 17.4 Å². The van der Waals surface area contributed by atoms with Crippen molar-refractivity contribution in [2.45, 2.75) is 13.5 Å². The van der Waals surface area contributed by atoms with Crippen LogP contribution < -0.4 is 5.32 Å². The van der Waals surface area contributed by atoms with Crippen LogP contribution in [-0.4, -0.2) is 16.0 Å². The van der Waals surface area contributed by atoms with E-state index in [1.807, 2.05) is 6.92 Å². The van der Waals surface area contributed by atoms with Crippen molar-refractivity contribution in [2.75, 3.05) is 0 Å². The van der Waals surface area contributed by atoms with Crippen LogP contribution in [0.5, 0.6) is 5.75 Å². The third kappa shape index (κ3) is 2.84. The van der Waals surface area contributed by atoms with Crippen LogP contribution in [0.15, 0.2) is 24.4 Å². The first-order valence-electron chi connectivity index (χ1n) is 5.24. The number of aromatic hydroxyl groups is 1. The summed E-state index contributed by atoms with van der Waals surface area (Å²) in [5.41, 5.74) is 0.0460. The molecule has 0 spiro atoms. The summed E-state index contributed by atoms with van der Waals surface area (Å²) in [6.45, 7) is 2.21. The summed E-state index contributed by atoms with van der Waals surface area (Å²) in [6, 6.07) is 3.28. The van der Waals surface area contributed by atoms with Gasteiger partial charge in [-0.1, -0.05) is 0 Å². The molecule has 1 amide bonds. The number of rotatable bonds is 3. The van der Waals surface area contributed by atoms with Crippen molar-refractivity contribution >= 4 is 17.2 Å². The highest BCUT2D eigenvalue weighted by atomic mass is 32.1. The molecule has 0 radical (unpaired) electrons. The van der Waals surface area contributed by atoms with E-state index < -0.39 is 11.7 Å². The number of hydrogen-bond acceptors (Lipinski definition) is 4. The summed E-state index contributed by atoms with van der Waals surface area (Å²) in [5, 5.41) is 12.8. The van der Waals surface area contributed by atoms with Gasteiger partial charge in [-0.3, -0.25) is 4.79 Å². The SMILES string of the molecule is Cc1cnc(CNC(=O)c2ccc(F)cc2O)s1. The molecule has 6 heteroatoms. The van der Waals surface area contributed by atoms with Gasteiger partial charge in [0.2, 0.25) is 0 Å². The summed E-state index contributed by atoms with van der Waals surface area (Å²) >= 11 is 1.48. The fourth-order valence-electron chi connectivity index (χ4n) is 1.43. The van der Waals surface area contributed by atoms with Gasteiger partial charge in [0.25, 0.3) is 5.91 Å². The fourth-order valence-corrected chi connectivity index (χ4v) is 2.16. The van der Waals surface area contributed by atoms with E-state index in [9.17, 15) is 14.3 Å². The Hall–Kier alpha value is -1.95. The zero-order valence-electron chi connectivity index (χ0n) is 9.61. The average Bonchev–Trinajstić information content (AvgIpc) is 2.72. The molecule has 1 aromatic heterocycles. The summed E-state index contributed by atoms with van der Waals surface area (Å²) in [7, 11) is 0. The number of phenolic OH excluding ortho intramolecular Hbond substituents is 1. The van der Waals surface area contributed by atoms with Crippen molar-refractivity contribution in [1.82, 2.24) is 10.3 Å². The van der Waals surface area contributed by atoms with Crippen molar-refractivity contribution in [1.29, 1.82) is 0 Å². The Bertz CT molecular complexity index is 583. The Morgan fingerprint density at radius 1 is 1.56 bits per heavy atom. The van der Waals surface area contributed by atoms with E-state index in [-0.39, 0.29) is 17.9 Å². The molecule has 0 fully saturated rings. The Kier molecular flexibility index (Phi) is 3.57. The number of benzene rings is 1. The Labute approximate surface area is 107 Å². The second kappa shape index (κ2) is 5.14. The number of aryl methyl sites for hydroxylation is 1. The molecular weight excluding hydrogens is 255 g/mol. The first-order chi connectivity index (χ1) is 8.56. The average molecular weight is 266 g/mol. The molecule has 0 aliphatic carbocycles. The molecule has 4 nitrogen and oxygen atoms in total. The number of halogens is 1. The van der Waals surface area contributed by atoms with Gasteiger partial charge in [0.1, 0.15) is 16.6 Å². The van der Waals surface area contributed by atoms with Crippen LogP contribution in [0.2, 0.25) is 0 Å². The summed E-state index contributed by atoms with van der Waals surface area (Å²) in [6.07, 6.45) is 1.72. The number of aromatic nitrogens is 1. The number of amides is 1. The van der Waals surface area contributed by atoms with Gasteiger partial charge in [-0.2, -0.15) is 0 Å². The molecule has 0 aliphatic rings. The van der Waals surface area contributed by atoms with E-state index in [0.717, 1.165) is 22.0 Å². The lowest BCUT2D eigenvalue weighted by molar-refractivity contribution is 0.0948. The highest BCUT2D eigenvalue weighted by molar-refractivity contribution is 7.11. The predicted molar refractivity (Wildman–Crippen MR) is 66.1 cm³/mol. The standard InChI is InChI=1S/C12H11FN2O2S/c1-7-5-14-11(18-7)6-15-12(17)9-3-2-8(13)4-10(9)16/h2-5,16H,6H2,1H3,(H,15,17). The second-order valence-electron chi connectivity index (χ2n) is 3.71. The number of nitrogens with zero attached hydrogens (tertiary/aromatic N) is 1. The Morgan fingerprint density at radius 2 is 2.33 bits per heavy atom. The number of phenols is 1. The Balaban J connectivity index is 2.03. The van der Waals surface area contributed by atoms with Gasteiger partial charge in [0.15, 0.2) is 0 Å². The van der Waals surface area contributed by atoms with Crippen molar-refractivity contribution in [3.63, 3.8) is 0 Å². The molecule has 0 bridgehead atoms. The second-order valence-corrected chi connectivity index (χ2v) is 5.03. The molecule has 2 aromatic rings. The number of thiazole rings is 1. The molecule has 2 rings (SSSR count). The normalized spacial score (nSPS) is 10.3. The number of hydrogen-bond donors (Lipinski definition) is 2. The number of carbonyl (C=O) groups excluding carboxylic acids is 1. The van der Waals surface area contributed by atoms with Crippen molar-refractivity contribution in [3.8, 4) is 5.75 Å². The largest absolute Gasteiger partial charge is 0.507 e. The lowest BCUT2D eigenvalue weighted by Crippen LogP contribution is -2.22. The minimum atomic E-state index is -0.584. The maximum atomic E-state index is 12.8. The molecule has 0 atom stereocenters. The maximum absolute atomic E-state index is 12.8. The van der Waals surface area contributed by atoms with Gasteiger partial charge in [-0.15, -0.1) is 11.3 Å². The molecule has 18 heavy (non-hydrogen) atoms. The first-order valence-corrected chi connectivity index (χ1v) is 6.06. The van der Waals surface area contributed by atoms with E-state index in [4.69, 9.17) is 0 Å². The Morgan fingerprint density at radius 3 is 2.94 bits per heavy atom. The lowest BCUT2D eigenvalue weighted by atomic mass is 10.2. The third-order valence-corrected chi connectivity index (χ3v) is 3.19. The molecule has 94 valence electrons. The number of nitrogens with one attached hydrogen (secondary N) is 1. The van der Waals surface area contributed by atoms with Crippen LogP contribution in [0.3, 0.4) is 0 Å². The molecular formula is C12H11FN2O2S. The minimum absolute atomic E-state index is 0.0460. The van der Waals surface area contributed by atoms with Crippen LogP contribution >= 0.6 is 11.3 Å². The van der Waals surface area contributed by atoms with Gasteiger partial charge in [-0.25, -0.2) is 9.37 Å². The molecule has 0 saturated carbocycles. The third-order valence-electron chi connectivity index (χ3n) is 2.27. The highest BCUT2D eigenvalue weighted by Gasteiger charge is 2.12. The molecule has 1 heterocycles. The molecule has 0 saturated heterocycles. The zero-order valence-corrected chi connectivity index (χ0v) is 10.4. The minimum Gasteiger partial charge on any atom is -0.507 e. The van der Waals surface area contributed by atoms with Crippen LogP contribution in [0, 0.1) is 12.7 Å². The van der Waals surface area contributed by atoms with E-state index in [0.29, 0.717) is 0 Å². The van der Waals surface area contributed by atoms with Gasteiger partial charge >= 0.3 is 0 Å². The van der Waals surface area contributed by atoms with Crippen molar-refractivity contribution in [2.24, 2.45) is 0 Å². The molecule has 0 unspecified atom stereocenters. The maximum Gasteiger partial charge on any atom is 0.255 e. The summed E-state index contributed by atoms with van der Waals surface area (Å²) < 4.78 is 12.8. The van der Waals surface area contributed by atoms with Crippen molar-refractivity contribution < 1.29 is 14.3 Å². The van der Waals surface area contributed by atoms with Crippen LogP contribution in [0.4, 0.5) is 4.39 Å². The van der Waals surface area contributed by atoms with E-state index in [2.05, 4.69) is 10.3 Å². The van der Waals surface area contributed by atoms with Gasteiger partial charge in [0, 0.05) is 17.1 Å². The predicted octanol–water partition coefficient (Wildman–Crippen LogP) is 2.23. The quantitative estimate of drug-likeness (QED) is 0.895. The zero-order chi connectivity index (χ0) is 13.1. The van der Waals surface area contributed by atoms with Gasteiger partial charge in [0.05, 0.1) is 12.1 Å². The van der Waals surface area contributed by atoms with Gasteiger partial charge in [-0.05, 0) is 19.1 Å². The fraction of sp³-hybridized carbons (Fsp3) is 0.167. The van der Waals surface area contributed by atoms with E-state index >= 15 is 0 Å². The summed E-state index contributed by atoms with van der Waals surface area (Å²) in [5.74, 6) is -1.41. The van der Waals surface area contributed by atoms with Crippen LogP contribution in [0.25, 0.3) is 0 Å². The van der Waals surface area contributed by atoms with Gasteiger partial charge < -0.3 is 10.4 Å². The monoisotopic (exact) mass is 266 g/mol. The molecule has 1 aromatic carbocycles. The first kappa shape index (κ1) is 12.5. The van der Waals surface area contributed by atoms with Crippen LogP contribution in [0.1, 0.15) is 20.2 Å². The van der Waals surface area contributed by atoms with E-state index in [1.54, 1.807) is 6.20 Å². The smallest absolute Gasteiger partial charge is 0.255 e. The summed E-state index contributed by atoms with van der Waals surface area (Å²) in [4.78, 5) is 16.9. The topological polar surface area (TPSA) is 62.2 Å².